The van der Waals surface area contributed by atoms with Crippen LogP contribution in [0.25, 0.3) is 0 Å². The second kappa shape index (κ2) is 4.22. The van der Waals surface area contributed by atoms with Gasteiger partial charge in [0.15, 0.2) is 0 Å². The number of piperidine rings is 1. The van der Waals surface area contributed by atoms with Crippen LogP contribution in [0.2, 0.25) is 0 Å². The third-order valence-electron chi connectivity index (χ3n) is 2.22. The van der Waals surface area contributed by atoms with Crippen molar-refractivity contribution < 1.29 is 13.2 Å². The average molecular weight is 233 g/mol. The van der Waals surface area contributed by atoms with E-state index < -0.39 is 10.0 Å². The molecule has 0 radical (unpaired) electrons. The lowest BCUT2D eigenvalue weighted by Crippen LogP contribution is -2.43. The molecule has 0 spiro atoms. The molecule has 0 unspecified atom stereocenters. The molecule has 1 aliphatic heterocycles. The highest BCUT2D eigenvalue weighted by Crippen LogP contribution is 2.20. The molecule has 0 aromatic rings. The van der Waals surface area contributed by atoms with Crippen LogP contribution in [0.1, 0.15) is 33.6 Å². The molecule has 4 nitrogen and oxygen atoms in total. The van der Waals surface area contributed by atoms with Gasteiger partial charge in [-0.3, -0.25) is 4.79 Å². The van der Waals surface area contributed by atoms with Crippen LogP contribution in [0, 0.1) is 5.41 Å². The van der Waals surface area contributed by atoms with Gasteiger partial charge in [-0.05, 0) is 11.8 Å². The maximum Gasteiger partial charge on any atom is 0.215 e. The van der Waals surface area contributed by atoms with Crippen molar-refractivity contribution in [1.82, 2.24) is 4.31 Å². The summed E-state index contributed by atoms with van der Waals surface area (Å²) in [6, 6.07) is 0. The monoisotopic (exact) mass is 233 g/mol. The second-order valence-electron chi connectivity index (χ2n) is 5.29. The molecule has 5 heteroatoms. The van der Waals surface area contributed by atoms with Crippen LogP contribution in [0.4, 0.5) is 0 Å². The minimum atomic E-state index is -3.26. The first-order valence-corrected chi connectivity index (χ1v) is 6.81. The largest absolute Gasteiger partial charge is 0.298 e. The van der Waals surface area contributed by atoms with E-state index in [9.17, 15) is 13.2 Å². The molecule has 0 aromatic heterocycles. The summed E-state index contributed by atoms with van der Waals surface area (Å²) in [5.41, 5.74) is -0.265. The molecule has 15 heavy (non-hydrogen) atoms. The minimum Gasteiger partial charge on any atom is -0.298 e. The molecule has 0 atom stereocenters. The van der Waals surface area contributed by atoms with Gasteiger partial charge in [-0.2, -0.15) is 4.31 Å². The standard InChI is InChI=1S/C10H19NO3S/c1-10(2,3)8-15(13,14)11-6-4-5-9(12)7-11/h4-8H2,1-3H3. The molecular weight excluding hydrogens is 214 g/mol. The lowest BCUT2D eigenvalue weighted by atomic mass is 10.0. The zero-order chi connectivity index (χ0) is 11.7. The van der Waals surface area contributed by atoms with E-state index in [0.29, 0.717) is 19.4 Å². The summed E-state index contributed by atoms with van der Waals surface area (Å²) in [6.45, 7) is 6.21. The van der Waals surface area contributed by atoms with Crippen molar-refractivity contribution in [2.45, 2.75) is 33.6 Å². The molecule has 88 valence electrons. The average Bonchev–Trinajstić information content (AvgIpc) is 1.99. The van der Waals surface area contributed by atoms with E-state index in [1.807, 2.05) is 20.8 Å². The predicted octanol–water partition coefficient (Wildman–Crippen LogP) is 1.03. The number of ketones is 1. The van der Waals surface area contributed by atoms with Gasteiger partial charge >= 0.3 is 0 Å². The fourth-order valence-corrected chi connectivity index (χ4v) is 3.71. The molecule has 0 saturated carbocycles. The van der Waals surface area contributed by atoms with Crippen molar-refractivity contribution in [3.8, 4) is 0 Å². The summed E-state index contributed by atoms with van der Waals surface area (Å²) < 4.78 is 25.2. The normalized spacial score (nSPS) is 20.6. The Bertz CT molecular complexity index is 340. The number of carbonyl (C=O) groups excluding carboxylic acids is 1. The zero-order valence-electron chi connectivity index (χ0n) is 9.62. The third-order valence-corrected chi connectivity index (χ3v) is 4.55. The van der Waals surface area contributed by atoms with Gasteiger partial charge in [0.05, 0.1) is 12.3 Å². The van der Waals surface area contributed by atoms with Crippen LogP contribution < -0.4 is 0 Å². The highest BCUT2D eigenvalue weighted by atomic mass is 32.2. The Morgan fingerprint density at radius 3 is 2.40 bits per heavy atom. The lowest BCUT2D eigenvalue weighted by Gasteiger charge is -2.28. The van der Waals surface area contributed by atoms with Gasteiger partial charge in [0, 0.05) is 13.0 Å². The maximum atomic E-state index is 11.9. The summed E-state index contributed by atoms with van der Waals surface area (Å²) in [4.78, 5) is 11.2. The smallest absolute Gasteiger partial charge is 0.215 e. The fourth-order valence-electron chi connectivity index (χ4n) is 1.68. The van der Waals surface area contributed by atoms with Crippen LogP contribution >= 0.6 is 0 Å². The summed E-state index contributed by atoms with van der Waals surface area (Å²) >= 11 is 0. The number of Topliss-reactive ketones (excluding diaryl/α,β-unsaturated/α-hetero) is 1. The van der Waals surface area contributed by atoms with Gasteiger partial charge < -0.3 is 0 Å². The van der Waals surface area contributed by atoms with Crippen LogP contribution in [0.5, 0.6) is 0 Å². The summed E-state index contributed by atoms with van der Waals surface area (Å²) in [7, 11) is -3.26. The Labute approximate surface area is 91.7 Å². The molecule has 0 aliphatic carbocycles. The number of rotatable bonds is 2. The van der Waals surface area contributed by atoms with E-state index in [4.69, 9.17) is 0 Å². The van der Waals surface area contributed by atoms with Crippen molar-refractivity contribution in [3.05, 3.63) is 0 Å². The number of sulfonamides is 1. The van der Waals surface area contributed by atoms with Crippen molar-refractivity contribution in [2.24, 2.45) is 5.41 Å². The molecule has 0 amide bonds. The van der Waals surface area contributed by atoms with E-state index in [2.05, 4.69) is 0 Å². The molecule has 1 aliphatic rings. The Kier molecular flexibility index (Phi) is 3.55. The molecular formula is C10H19NO3S. The number of hydrogen-bond donors (Lipinski definition) is 0. The maximum absolute atomic E-state index is 11.9. The summed E-state index contributed by atoms with van der Waals surface area (Å²) in [6.07, 6.45) is 1.17. The van der Waals surface area contributed by atoms with E-state index in [-0.39, 0.29) is 23.5 Å². The first-order chi connectivity index (χ1) is 6.71. The van der Waals surface area contributed by atoms with Crippen LogP contribution in [-0.4, -0.2) is 37.3 Å². The minimum absolute atomic E-state index is 0.0266. The Morgan fingerprint density at radius 2 is 1.93 bits per heavy atom. The van der Waals surface area contributed by atoms with E-state index in [1.54, 1.807) is 0 Å². The Morgan fingerprint density at radius 1 is 1.33 bits per heavy atom. The SMILES string of the molecule is CC(C)(C)CS(=O)(=O)N1CCCC(=O)C1. The van der Waals surface area contributed by atoms with Gasteiger partial charge in [0.2, 0.25) is 10.0 Å². The van der Waals surface area contributed by atoms with Crippen molar-refractivity contribution in [3.63, 3.8) is 0 Å². The van der Waals surface area contributed by atoms with Gasteiger partial charge in [-0.1, -0.05) is 20.8 Å². The van der Waals surface area contributed by atoms with E-state index >= 15 is 0 Å². The number of carbonyl (C=O) groups is 1. The molecule has 0 N–H and O–H groups in total. The molecule has 0 aromatic carbocycles. The Hall–Kier alpha value is -0.420. The topological polar surface area (TPSA) is 54.5 Å². The molecule has 1 rings (SSSR count). The van der Waals surface area contributed by atoms with E-state index in [1.165, 1.54) is 4.31 Å². The van der Waals surface area contributed by atoms with Crippen LogP contribution in [0.3, 0.4) is 0 Å². The quantitative estimate of drug-likeness (QED) is 0.715. The number of nitrogens with zero attached hydrogens (tertiary/aromatic N) is 1. The fraction of sp³-hybridized carbons (Fsp3) is 0.900. The van der Waals surface area contributed by atoms with Crippen LogP contribution in [-0.2, 0) is 14.8 Å². The second-order valence-corrected chi connectivity index (χ2v) is 7.26. The number of hydrogen-bond acceptors (Lipinski definition) is 3. The first kappa shape index (κ1) is 12.6. The van der Waals surface area contributed by atoms with Crippen molar-refractivity contribution >= 4 is 15.8 Å². The summed E-state index contributed by atoms with van der Waals surface area (Å²) in [5.74, 6) is 0.131. The molecule has 1 saturated heterocycles. The zero-order valence-corrected chi connectivity index (χ0v) is 10.4. The van der Waals surface area contributed by atoms with Crippen molar-refractivity contribution in [2.75, 3.05) is 18.8 Å². The lowest BCUT2D eigenvalue weighted by molar-refractivity contribution is -0.120. The third kappa shape index (κ3) is 3.91. The molecule has 1 fully saturated rings. The van der Waals surface area contributed by atoms with Gasteiger partial charge in [-0.15, -0.1) is 0 Å². The van der Waals surface area contributed by atoms with Crippen molar-refractivity contribution in [1.29, 1.82) is 0 Å². The highest BCUT2D eigenvalue weighted by Gasteiger charge is 2.31. The molecule has 1 heterocycles. The van der Waals surface area contributed by atoms with Gasteiger partial charge in [0.25, 0.3) is 0 Å². The summed E-state index contributed by atoms with van der Waals surface area (Å²) in [5, 5.41) is 0. The predicted molar refractivity (Wildman–Crippen MR) is 59.1 cm³/mol. The molecule has 0 bridgehead atoms. The highest BCUT2D eigenvalue weighted by molar-refractivity contribution is 7.89. The Balaban J connectivity index is 2.73. The van der Waals surface area contributed by atoms with Gasteiger partial charge in [-0.25, -0.2) is 8.42 Å². The van der Waals surface area contributed by atoms with Gasteiger partial charge in [0.1, 0.15) is 5.78 Å². The first-order valence-electron chi connectivity index (χ1n) is 5.20. The van der Waals surface area contributed by atoms with E-state index in [0.717, 1.165) is 0 Å². The van der Waals surface area contributed by atoms with Crippen LogP contribution in [0.15, 0.2) is 0 Å².